The van der Waals surface area contributed by atoms with Gasteiger partial charge in [-0.3, -0.25) is 4.79 Å². The number of carbonyl (C=O) groups excluding carboxylic acids is 1. The summed E-state index contributed by atoms with van der Waals surface area (Å²) in [5.41, 5.74) is -0.183. The average molecular weight is 270 g/mol. The highest BCUT2D eigenvalue weighted by molar-refractivity contribution is 5.76. The normalized spacial score (nSPS) is 15.4. The highest BCUT2D eigenvalue weighted by Crippen LogP contribution is 2.17. The number of benzene rings is 1. The molecule has 2 rings (SSSR count). The summed E-state index contributed by atoms with van der Waals surface area (Å²) in [5.74, 6) is -1.34. The maximum Gasteiger partial charge on any atom is 0.224 e. The zero-order chi connectivity index (χ0) is 13.7. The van der Waals surface area contributed by atoms with Crippen LogP contribution in [0.5, 0.6) is 0 Å². The maximum absolute atomic E-state index is 13.3. The third-order valence-electron chi connectivity index (χ3n) is 2.97. The van der Waals surface area contributed by atoms with E-state index in [1.165, 1.54) is 18.2 Å². The van der Waals surface area contributed by atoms with E-state index in [-0.39, 0.29) is 24.6 Å². The molecule has 1 heterocycles. The van der Waals surface area contributed by atoms with Crippen molar-refractivity contribution in [3.05, 3.63) is 29.8 Å². The Balaban J connectivity index is 1.81. The molecule has 1 amide bonds. The molecule has 1 aromatic carbocycles. The molecule has 104 valence electrons. The van der Waals surface area contributed by atoms with Crippen molar-refractivity contribution in [2.24, 2.45) is 0 Å². The van der Waals surface area contributed by atoms with Crippen LogP contribution in [0, 0.1) is 11.6 Å². The number of hydrogen-bond acceptors (Lipinski definition) is 3. The van der Waals surface area contributed by atoms with Gasteiger partial charge in [0.15, 0.2) is 0 Å². The standard InChI is InChI=1S/C13H16F2N2O2/c14-10-2-1-3-11(15)13(10)16-5-4-12(18)17-6-8-19-9-7-17/h1-3,16H,4-9H2. The van der Waals surface area contributed by atoms with Gasteiger partial charge in [0, 0.05) is 26.1 Å². The number of amides is 1. The van der Waals surface area contributed by atoms with Gasteiger partial charge in [0.05, 0.1) is 13.2 Å². The van der Waals surface area contributed by atoms with Crippen LogP contribution < -0.4 is 5.32 Å². The lowest BCUT2D eigenvalue weighted by atomic mass is 10.2. The number of hydrogen-bond donors (Lipinski definition) is 1. The maximum atomic E-state index is 13.3. The fourth-order valence-electron chi connectivity index (χ4n) is 1.93. The number of ether oxygens (including phenoxy) is 1. The molecule has 0 aliphatic carbocycles. The van der Waals surface area contributed by atoms with E-state index in [1.807, 2.05) is 0 Å². The van der Waals surface area contributed by atoms with Crippen LogP contribution in [0.1, 0.15) is 6.42 Å². The van der Waals surface area contributed by atoms with Crippen molar-refractivity contribution in [1.29, 1.82) is 0 Å². The largest absolute Gasteiger partial charge is 0.380 e. The smallest absolute Gasteiger partial charge is 0.224 e. The number of carbonyl (C=O) groups is 1. The molecule has 0 spiro atoms. The van der Waals surface area contributed by atoms with E-state index in [0.717, 1.165) is 0 Å². The minimum Gasteiger partial charge on any atom is -0.380 e. The van der Waals surface area contributed by atoms with Crippen molar-refractivity contribution in [2.75, 3.05) is 38.2 Å². The number of halogens is 2. The summed E-state index contributed by atoms with van der Waals surface area (Å²) in [6, 6.07) is 3.65. The van der Waals surface area contributed by atoms with Crippen LogP contribution >= 0.6 is 0 Å². The first-order valence-electron chi connectivity index (χ1n) is 6.22. The Morgan fingerprint density at radius 1 is 1.26 bits per heavy atom. The highest BCUT2D eigenvalue weighted by Gasteiger charge is 2.16. The topological polar surface area (TPSA) is 41.6 Å². The fourth-order valence-corrected chi connectivity index (χ4v) is 1.93. The van der Waals surface area contributed by atoms with Gasteiger partial charge >= 0.3 is 0 Å². The minimum atomic E-state index is -0.654. The van der Waals surface area contributed by atoms with Gasteiger partial charge in [-0.15, -0.1) is 0 Å². The predicted molar refractivity (Wildman–Crippen MR) is 66.9 cm³/mol. The molecular formula is C13H16F2N2O2. The van der Waals surface area contributed by atoms with Crippen LogP contribution in [0.2, 0.25) is 0 Å². The molecule has 4 nitrogen and oxygen atoms in total. The molecule has 1 aliphatic heterocycles. The predicted octanol–water partition coefficient (Wildman–Crippen LogP) is 1.63. The second-order valence-corrected chi connectivity index (χ2v) is 4.27. The second-order valence-electron chi connectivity index (χ2n) is 4.27. The van der Waals surface area contributed by atoms with E-state index in [9.17, 15) is 13.6 Å². The third-order valence-corrected chi connectivity index (χ3v) is 2.97. The van der Waals surface area contributed by atoms with E-state index >= 15 is 0 Å². The lowest BCUT2D eigenvalue weighted by Gasteiger charge is -2.26. The Labute approximate surface area is 110 Å². The molecule has 0 bridgehead atoms. The number of anilines is 1. The van der Waals surface area contributed by atoms with Gasteiger partial charge in [0.2, 0.25) is 5.91 Å². The summed E-state index contributed by atoms with van der Waals surface area (Å²) in [7, 11) is 0. The van der Waals surface area contributed by atoms with Crippen molar-refractivity contribution < 1.29 is 18.3 Å². The van der Waals surface area contributed by atoms with Crippen molar-refractivity contribution in [1.82, 2.24) is 4.90 Å². The van der Waals surface area contributed by atoms with Gasteiger partial charge < -0.3 is 15.0 Å². The van der Waals surface area contributed by atoms with Gasteiger partial charge in [-0.25, -0.2) is 8.78 Å². The van der Waals surface area contributed by atoms with Crippen molar-refractivity contribution >= 4 is 11.6 Å². The Morgan fingerprint density at radius 3 is 2.53 bits per heavy atom. The molecule has 0 atom stereocenters. The molecule has 1 fully saturated rings. The first-order valence-corrected chi connectivity index (χ1v) is 6.22. The van der Waals surface area contributed by atoms with Crippen LogP contribution in [-0.4, -0.2) is 43.7 Å². The average Bonchev–Trinajstić information content (AvgIpc) is 2.43. The van der Waals surface area contributed by atoms with Crippen LogP contribution in [-0.2, 0) is 9.53 Å². The molecule has 0 aromatic heterocycles. The molecule has 0 radical (unpaired) electrons. The molecule has 0 unspecified atom stereocenters. The SMILES string of the molecule is O=C(CCNc1c(F)cccc1F)N1CCOCC1. The van der Waals surface area contributed by atoms with E-state index in [4.69, 9.17) is 4.74 Å². The fraction of sp³-hybridized carbons (Fsp3) is 0.462. The van der Waals surface area contributed by atoms with Gasteiger partial charge in [-0.2, -0.15) is 0 Å². The van der Waals surface area contributed by atoms with Crippen LogP contribution in [0.15, 0.2) is 18.2 Å². The summed E-state index contributed by atoms with van der Waals surface area (Å²) >= 11 is 0. The number of rotatable bonds is 4. The van der Waals surface area contributed by atoms with E-state index in [2.05, 4.69) is 5.32 Å². The number of para-hydroxylation sites is 1. The zero-order valence-electron chi connectivity index (χ0n) is 10.5. The monoisotopic (exact) mass is 270 g/mol. The molecule has 19 heavy (non-hydrogen) atoms. The van der Waals surface area contributed by atoms with E-state index in [1.54, 1.807) is 4.90 Å². The lowest BCUT2D eigenvalue weighted by molar-refractivity contribution is -0.134. The molecule has 1 aliphatic rings. The van der Waals surface area contributed by atoms with Crippen LogP contribution in [0.25, 0.3) is 0 Å². The lowest BCUT2D eigenvalue weighted by Crippen LogP contribution is -2.41. The Morgan fingerprint density at radius 2 is 1.89 bits per heavy atom. The first-order chi connectivity index (χ1) is 9.18. The summed E-state index contributed by atoms with van der Waals surface area (Å²) < 4.78 is 31.8. The Hall–Kier alpha value is -1.69. The summed E-state index contributed by atoms with van der Waals surface area (Å²) in [6.07, 6.45) is 0.202. The first kappa shape index (κ1) is 13.7. The van der Waals surface area contributed by atoms with Crippen LogP contribution in [0.4, 0.5) is 14.5 Å². The minimum absolute atomic E-state index is 0.0347. The molecule has 6 heteroatoms. The number of nitrogens with zero attached hydrogens (tertiary/aromatic N) is 1. The van der Waals surface area contributed by atoms with E-state index in [0.29, 0.717) is 26.3 Å². The second kappa shape index (κ2) is 6.47. The number of morpholine rings is 1. The number of nitrogens with one attached hydrogen (secondary N) is 1. The zero-order valence-corrected chi connectivity index (χ0v) is 10.5. The van der Waals surface area contributed by atoms with Gasteiger partial charge in [-0.1, -0.05) is 6.07 Å². The van der Waals surface area contributed by atoms with Crippen molar-refractivity contribution in [2.45, 2.75) is 6.42 Å². The molecule has 0 saturated carbocycles. The molecular weight excluding hydrogens is 254 g/mol. The van der Waals surface area contributed by atoms with Crippen LogP contribution in [0.3, 0.4) is 0 Å². The molecule has 1 N–H and O–H groups in total. The highest BCUT2D eigenvalue weighted by atomic mass is 19.1. The Bertz CT molecular complexity index is 428. The molecule has 1 aromatic rings. The summed E-state index contributed by atoms with van der Waals surface area (Å²) in [5, 5.41) is 2.62. The van der Waals surface area contributed by atoms with Gasteiger partial charge in [0.25, 0.3) is 0 Å². The summed E-state index contributed by atoms with van der Waals surface area (Å²) in [6.45, 7) is 2.44. The summed E-state index contributed by atoms with van der Waals surface area (Å²) in [4.78, 5) is 13.5. The third kappa shape index (κ3) is 3.64. The van der Waals surface area contributed by atoms with Gasteiger partial charge in [-0.05, 0) is 12.1 Å². The van der Waals surface area contributed by atoms with Gasteiger partial charge in [0.1, 0.15) is 17.3 Å². The molecule has 1 saturated heterocycles. The van der Waals surface area contributed by atoms with E-state index < -0.39 is 11.6 Å². The van der Waals surface area contributed by atoms with Crippen molar-refractivity contribution in [3.8, 4) is 0 Å². The quantitative estimate of drug-likeness (QED) is 0.904. The Kier molecular flexibility index (Phi) is 4.68. The van der Waals surface area contributed by atoms with Crippen molar-refractivity contribution in [3.63, 3.8) is 0 Å².